The highest BCUT2D eigenvalue weighted by atomic mass is 32.1. The van der Waals surface area contributed by atoms with Crippen molar-refractivity contribution in [2.45, 2.75) is 65.0 Å². The van der Waals surface area contributed by atoms with E-state index in [1.165, 1.54) is 22.2 Å². The number of aromatic nitrogens is 4. The van der Waals surface area contributed by atoms with Crippen LogP contribution in [0, 0.1) is 20.8 Å². The van der Waals surface area contributed by atoms with Gasteiger partial charge in [0, 0.05) is 24.8 Å². The Labute approximate surface area is 166 Å². The van der Waals surface area contributed by atoms with Gasteiger partial charge >= 0.3 is 0 Å². The van der Waals surface area contributed by atoms with Crippen LogP contribution in [0.1, 0.15) is 54.3 Å². The summed E-state index contributed by atoms with van der Waals surface area (Å²) in [6, 6.07) is 0. The Morgan fingerprint density at radius 2 is 2.07 bits per heavy atom. The summed E-state index contributed by atoms with van der Waals surface area (Å²) in [5.74, 6) is 0.901. The van der Waals surface area contributed by atoms with Crippen molar-refractivity contribution >= 4 is 27.5 Å². The van der Waals surface area contributed by atoms with Gasteiger partial charge in [0.25, 0.3) is 5.56 Å². The number of nitrogens with zero attached hydrogens (tertiary/aromatic N) is 4. The maximum Gasteiger partial charge on any atom is 0.262 e. The van der Waals surface area contributed by atoms with Crippen LogP contribution in [0.15, 0.2) is 15.6 Å². The molecule has 3 heterocycles. The highest BCUT2D eigenvalue weighted by Gasteiger charge is 2.41. The van der Waals surface area contributed by atoms with Gasteiger partial charge in [-0.15, -0.1) is 11.3 Å². The van der Waals surface area contributed by atoms with Gasteiger partial charge in [0.05, 0.1) is 11.7 Å². The van der Waals surface area contributed by atoms with Crippen molar-refractivity contribution in [1.29, 1.82) is 0 Å². The molecule has 0 atom stereocenters. The molecule has 4 rings (SSSR count). The molecule has 0 spiro atoms. The Bertz CT molecular complexity index is 1090. The summed E-state index contributed by atoms with van der Waals surface area (Å²) in [6.07, 6.45) is 5.31. The number of nitrogens with one attached hydrogen (secondary N) is 1. The van der Waals surface area contributed by atoms with Gasteiger partial charge in [-0.05, 0) is 32.3 Å². The molecule has 1 aliphatic rings. The van der Waals surface area contributed by atoms with Crippen molar-refractivity contribution < 1.29 is 9.32 Å². The van der Waals surface area contributed by atoms with E-state index in [4.69, 9.17) is 4.52 Å². The molecule has 0 aliphatic heterocycles. The van der Waals surface area contributed by atoms with Crippen LogP contribution in [0.3, 0.4) is 0 Å². The van der Waals surface area contributed by atoms with Gasteiger partial charge in [-0.25, -0.2) is 4.98 Å². The summed E-state index contributed by atoms with van der Waals surface area (Å²) in [4.78, 5) is 36.0. The molecular formula is C19H23N5O3S. The first-order valence-corrected chi connectivity index (χ1v) is 10.3. The predicted molar refractivity (Wildman–Crippen MR) is 105 cm³/mol. The summed E-state index contributed by atoms with van der Waals surface area (Å²) >= 11 is 1.52. The lowest BCUT2D eigenvalue weighted by atomic mass is 9.96. The summed E-state index contributed by atoms with van der Waals surface area (Å²) < 4.78 is 6.63. The van der Waals surface area contributed by atoms with Crippen LogP contribution in [0.25, 0.3) is 10.2 Å². The van der Waals surface area contributed by atoms with Gasteiger partial charge in [-0.1, -0.05) is 18.0 Å². The van der Waals surface area contributed by atoms with Crippen LogP contribution in [-0.4, -0.2) is 25.6 Å². The van der Waals surface area contributed by atoms with E-state index in [0.29, 0.717) is 17.1 Å². The van der Waals surface area contributed by atoms with E-state index in [2.05, 4.69) is 20.4 Å². The van der Waals surface area contributed by atoms with Crippen LogP contribution in [0.5, 0.6) is 0 Å². The molecule has 1 aliphatic carbocycles. The number of carbonyl (C=O) groups excluding carboxylic acids is 1. The molecule has 1 saturated carbocycles. The van der Waals surface area contributed by atoms with Crippen molar-refractivity contribution in [3.05, 3.63) is 38.8 Å². The van der Waals surface area contributed by atoms with Crippen LogP contribution in [0.4, 0.5) is 0 Å². The van der Waals surface area contributed by atoms with Crippen molar-refractivity contribution in [3.63, 3.8) is 0 Å². The number of aryl methyl sites for hydroxylation is 4. The predicted octanol–water partition coefficient (Wildman–Crippen LogP) is 2.74. The van der Waals surface area contributed by atoms with E-state index in [9.17, 15) is 9.59 Å². The van der Waals surface area contributed by atoms with Gasteiger partial charge in [0.2, 0.25) is 11.8 Å². The Hall–Kier alpha value is -2.55. The molecule has 28 heavy (non-hydrogen) atoms. The van der Waals surface area contributed by atoms with Crippen molar-refractivity contribution in [3.8, 4) is 0 Å². The Balaban J connectivity index is 1.50. The molecule has 1 N–H and O–H groups in total. The van der Waals surface area contributed by atoms with Gasteiger partial charge in [0.15, 0.2) is 5.82 Å². The summed E-state index contributed by atoms with van der Waals surface area (Å²) in [6.45, 7) is 5.94. The smallest absolute Gasteiger partial charge is 0.262 e. The Morgan fingerprint density at radius 1 is 1.32 bits per heavy atom. The number of fused-ring (bicyclic) bond motifs is 1. The second-order valence-electron chi connectivity index (χ2n) is 7.43. The molecule has 3 aromatic rings. The Kier molecular flexibility index (Phi) is 4.78. The van der Waals surface area contributed by atoms with Crippen molar-refractivity contribution in [1.82, 2.24) is 25.0 Å². The van der Waals surface area contributed by atoms with E-state index in [1.807, 2.05) is 13.8 Å². The lowest BCUT2D eigenvalue weighted by molar-refractivity contribution is -0.123. The number of carbonyl (C=O) groups is 1. The second-order valence-corrected chi connectivity index (χ2v) is 8.63. The molecule has 1 fully saturated rings. The van der Waals surface area contributed by atoms with Gasteiger partial charge in [0.1, 0.15) is 10.4 Å². The summed E-state index contributed by atoms with van der Waals surface area (Å²) in [5.41, 5.74) is 0.306. The zero-order valence-corrected chi connectivity index (χ0v) is 17.1. The first-order chi connectivity index (χ1) is 13.4. The molecule has 9 heteroatoms. The molecule has 3 aromatic heterocycles. The van der Waals surface area contributed by atoms with Crippen molar-refractivity contribution in [2.24, 2.45) is 0 Å². The van der Waals surface area contributed by atoms with Crippen LogP contribution < -0.4 is 10.9 Å². The molecule has 0 bridgehead atoms. The molecule has 1 amide bonds. The zero-order valence-electron chi connectivity index (χ0n) is 16.2. The van der Waals surface area contributed by atoms with Crippen LogP contribution in [-0.2, 0) is 16.9 Å². The minimum Gasteiger partial charge on any atom is -0.343 e. The third-order valence-corrected chi connectivity index (χ3v) is 6.64. The van der Waals surface area contributed by atoms with Gasteiger partial charge < -0.3 is 9.84 Å². The zero-order chi connectivity index (χ0) is 19.9. The third kappa shape index (κ3) is 3.23. The highest BCUT2D eigenvalue weighted by Crippen LogP contribution is 2.37. The fourth-order valence-corrected chi connectivity index (χ4v) is 4.84. The highest BCUT2D eigenvalue weighted by molar-refractivity contribution is 7.18. The van der Waals surface area contributed by atoms with Crippen molar-refractivity contribution in [2.75, 3.05) is 0 Å². The van der Waals surface area contributed by atoms with E-state index >= 15 is 0 Å². The molecule has 148 valence electrons. The third-order valence-electron chi connectivity index (χ3n) is 5.53. The average molecular weight is 401 g/mol. The maximum absolute atomic E-state index is 12.8. The van der Waals surface area contributed by atoms with E-state index in [-0.39, 0.29) is 24.4 Å². The number of thiophene rings is 1. The number of amides is 1. The quantitative estimate of drug-likeness (QED) is 0.705. The average Bonchev–Trinajstić information content (AvgIpc) is 3.36. The Morgan fingerprint density at radius 3 is 2.75 bits per heavy atom. The molecule has 8 nitrogen and oxygen atoms in total. The fourth-order valence-electron chi connectivity index (χ4n) is 3.86. The number of hydrogen-bond acceptors (Lipinski definition) is 7. The van der Waals surface area contributed by atoms with Crippen LogP contribution in [0.2, 0.25) is 0 Å². The molecule has 0 aromatic carbocycles. The fraction of sp³-hybridized carbons (Fsp3) is 0.526. The molecule has 0 radical (unpaired) electrons. The number of hydrogen-bond donors (Lipinski definition) is 1. The van der Waals surface area contributed by atoms with E-state index in [0.717, 1.165) is 41.0 Å². The molecular weight excluding hydrogens is 378 g/mol. The SMILES string of the molecule is Cc1nc(C2(NC(=O)CCn3cnc4sc(C)c(C)c4c3=O)CCCC2)no1. The second kappa shape index (κ2) is 7.12. The molecule has 0 saturated heterocycles. The standard InChI is InChI=1S/C19H23N5O3S/c1-11-12(2)28-16-15(11)17(26)24(10-20-16)9-6-14(25)22-19(7-4-5-8-19)18-21-13(3)27-23-18/h10H,4-9H2,1-3H3,(H,22,25). The molecule has 0 unspecified atom stereocenters. The maximum atomic E-state index is 12.8. The monoisotopic (exact) mass is 401 g/mol. The van der Waals surface area contributed by atoms with E-state index < -0.39 is 5.54 Å². The first-order valence-electron chi connectivity index (χ1n) is 9.46. The minimum atomic E-state index is -0.566. The summed E-state index contributed by atoms with van der Waals surface area (Å²) in [7, 11) is 0. The topological polar surface area (TPSA) is 103 Å². The van der Waals surface area contributed by atoms with Crippen LogP contribution >= 0.6 is 11.3 Å². The lowest BCUT2D eigenvalue weighted by Crippen LogP contribution is -2.45. The first kappa shape index (κ1) is 18.8. The number of rotatable bonds is 5. The lowest BCUT2D eigenvalue weighted by Gasteiger charge is -2.26. The van der Waals surface area contributed by atoms with Gasteiger partial charge in [-0.2, -0.15) is 4.98 Å². The minimum absolute atomic E-state index is 0.0935. The summed E-state index contributed by atoms with van der Waals surface area (Å²) in [5, 5.41) is 7.80. The normalized spacial score (nSPS) is 16.0. The van der Waals surface area contributed by atoms with Gasteiger partial charge in [-0.3, -0.25) is 14.2 Å². The largest absolute Gasteiger partial charge is 0.343 e. The van der Waals surface area contributed by atoms with E-state index in [1.54, 1.807) is 6.92 Å².